The number of nitrogens with zero attached hydrogens (tertiary/aromatic N) is 3. The lowest BCUT2D eigenvalue weighted by Gasteiger charge is -2.14. The van der Waals surface area contributed by atoms with Gasteiger partial charge in [-0.1, -0.05) is 0 Å². The molecule has 0 aliphatic carbocycles. The summed E-state index contributed by atoms with van der Waals surface area (Å²) in [5, 5.41) is 7.75. The summed E-state index contributed by atoms with van der Waals surface area (Å²) in [6.45, 7) is 8.98. The lowest BCUT2D eigenvalue weighted by molar-refractivity contribution is 0.331. The first-order chi connectivity index (χ1) is 8.38. The second-order valence-corrected chi connectivity index (χ2v) is 4.78. The second-order valence-electron chi connectivity index (χ2n) is 4.78. The molecule has 0 atom stereocenters. The molecule has 1 aliphatic rings. The quantitative estimate of drug-likeness (QED) is 0.728. The minimum Gasteiger partial charge on any atom is -0.313 e. The van der Waals surface area contributed by atoms with Gasteiger partial charge in [0.05, 0.1) is 6.20 Å². The molecule has 0 radical (unpaired) electrons. The van der Waals surface area contributed by atoms with Gasteiger partial charge in [-0.05, 0) is 52.4 Å². The van der Waals surface area contributed by atoms with E-state index in [1.807, 2.05) is 10.9 Å². The molecule has 0 spiro atoms. The summed E-state index contributed by atoms with van der Waals surface area (Å²) < 4.78 is 1.97. The molecule has 1 saturated heterocycles. The van der Waals surface area contributed by atoms with Gasteiger partial charge < -0.3 is 10.2 Å². The Hall–Kier alpha value is -0.870. The van der Waals surface area contributed by atoms with Crippen molar-refractivity contribution in [2.45, 2.75) is 39.3 Å². The zero-order valence-electron chi connectivity index (χ0n) is 10.9. The Kier molecular flexibility index (Phi) is 5.01. The molecule has 0 saturated carbocycles. The standard InChI is InChI=1S/C13H24N4/c1-2-17-12-13(11-15-17)10-14-6-5-9-16-7-3-4-8-16/h11-12,14H,2-10H2,1H3. The first-order valence-corrected chi connectivity index (χ1v) is 6.83. The molecule has 1 fully saturated rings. The molecular formula is C13H24N4. The van der Waals surface area contributed by atoms with E-state index in [0.29, 0.717) is 0 Å². The molecule has 2 heterocycles. The summed E-state index contributed by atoms with van der Waals surface area (Å²) in [5.74, 6) is 0. The van der Waals surface area contributed by atoms with Gasteiger partial charge in [-0.2, -0.15) is 5.10 Å². The maximum absolute atomic E-state index is 4.27. The van der Waals surface area contributed by atoms with E-state index in [4.69, 9.17) is 0 Å². The average molecular weight is 236 g/mol. The molecule has 0 aromatic carbocycles. The highest BCUT2D eigenvalue weighted by Gasteiger charge is 2.09. The van der Waals surface area contributed by atoms with Crippen molar-refractivity contribution < 1.29 is 0 Å². The van der Waals surface area contributed by atoms with E-state index in [1.54, 1.807) is 0 Å². The molecule has 2 rings (SSSR count). The minimum atomic E-state index is 0.944. The lowest BCUT2D eigenvalue weighted by Crippen LogP contribution is -2.24. The van der Waals surface area contributed by atoms with Crippen molar-refractivity contribution in [2.75, 3.05) is 26.2 Å². The largest absolute Gasteiger partial charge is 0.313 e. The Morgan fingerprint density at radius 2 is 2.18 bits per heavy atom. The summed E-state index contributed by atoms with van der Waals surface area (Å²) in [4.78, 5) is 2.57. The molecule has 1 aromatic heterocycles. The van der Waals surface area contributed by atoms with Crippen molar-refractivity contribution in [3.05, 3.63) is 18.0 Å². The number of likely N-dealkylation sites (tertiary alicyclic amines) is 1. The summed E-state index contributed by atoms with van der Waals surface area (Å²) in [6, 6.07) is 0. The first-order valence-electron chi connectivity index (χ1n) is 6.83. The summed E-state index contributed by atoms with van der Waals surface area (Å²) in [5.41, 5.74) is 1.29. The van der Waals surface area contributed by atoms with Gasteiger partial charge in [-0.3, -0.25) is 4.68 Å². The van der Waals surface area contributed by atoms with E-state index in [-0.39, 0.29) is 0 Å². The molecule has 0 amide bonds. The van der Waals surface area contributed by atoms with Crippen molar-refractivity contribution in [3.63, 3.8) is 0 Å². The number of nitrogens with one attached hydrogen (secondary N) is 1. The third kappa shape index (κ3) is 4.13. The minimum absolute atomic E-state index is 0.944. The molecule has 1 aromatic rings. The lowest BCUT2D eigenvalue weighted by atomic mass is 10.3. The monoisotopic (exact) mass is 236 g/mol. The van der Waals surface area contributed by atoms with Crippen LogP contribution in [0.15, 0.2) is 12.4 Å². The van der Waals surface area contributed by atoms with Gasteiger partial charge >= 0.3 is 0 Å². The van der Waals surface area contributed by atoms with Crippen molar-refractivity contribution in [2.24, 2.45) is 0 Å². The van der Waals surface area contributed by atoms with Gasteiger partial charge in [0, 0.05) is 24.8 Å². The molecule has 17 heavy (non-hydrogen) atoms. The van der Waals surface area contributed by atoms with Crippen molar-refractivity contribution in [1.29, 1.82) is 0 Å². The zero-order valence-corrected chi connectivity index (χ0v) is 10.9. The molecule has 1 aliphatic heterocycles. The van der Waals surface area contributed by atoms with Crippen LogP contribution in [-0.2, 0) is 13.1 Å². The fourth-order valence-corrected chi connectivity index (χ4v) is 2.34. The third-order valence-corrected chi connectivity index (χ3v) is 3.37. The Morgan fingerprint density at radius 3 is 2.88 bits per heavy atom. The number of aryl methyl sites for hydroxylation is 1. The van der Waals surface area contributed by atoms with Crippen LogP contribution in [0.25, 0.3) is 0 Å². The van der Waals surface area contributed by atoms with Crippen LogP contribution >= 0.6 is 0 Å². The Bertz CT molecular complexity index is 315. The maximum Gasteiger partial charge on any atom is 0.0534 e. The van der Waals surface area contributed by atoms with Crippen LogP contribution in [0.1, 0.15) is 31.7 Å². The topological polar surface area (TPSA) is 33.1 Å². The van der Waals surface area contributed by atoms with Crippen molar-refractivity contribution in [3.8, 4) is 0 Å². The summed E-state index contributed by atoms with van der Waals surface area (Å²) >= 11 is 0. The number of aromatic nitrogens is 2. The molecular weight excluding hydrogens is 212 g/mol. The van der Waals surface area contributed by atoms with Crippen LogP contribution in [0.2, 0.25) is 0 Å². The Labute approximate surface area is 104 Å². The molecule has 0 unspecified atom stereocenters. The second kappa shape index (κ2) is 6.77. The predicted octanol–water partition coefficient (Wildman–Crippen LogP) is 1.48. The normalized spacial score (nSPS) is 16.8. The van der Waals surface area contributed by atoms with Gasteiger partial charge in [0.25, 0.3) is 0 Å². The van der Waals surface area contributed by atoms with E-state index < -0.39 is 0 Å². The highest BCUT2D eigenvalue weighted by molar-refractivity contribution is 5.02. The summed E-state index contributed by atoms with van der Waals surface area (Å²) in [7, 11) is 0. The fourth-order valence-electron chi connectivity index (χ4n) is 2.34. The van der Waals surface area contributed by atoms with E-state index in [0.717, 1.165) is 19.6 Å². The van der Waals surface area contributed by atoms with Crippen LogP contribution in [-0.4, -0.2) is 40.9 Å². The third-order valence-electron chi connectivity index (χ3n) is 3.37. The van der Waals surface area contributed by atoms with Crippen molar-refractivity contribution in [1.82, 2.24) is 20.0 Å². The predicted molar refractivity (Wildman–Crippen MR) is 69.9 cm³/mol. The maximum atomic E-state index is 4.27. The van der Waals surface area contributed by atoms with E-state index >= 15 is 0 Å². The highest BCUT2D eigenvalue weighted by atomic mass is 15.3. The molecule has 4 heteroatoms. The molecule has 96 valence electrons. The average Bonchev–Trinajstić information content (AvgIpc) is 2.99. The molecule has 0 bridgehead atoms. The van der Waals surface area contributed by atoms with Crippen LogP contribution in [0, 0.1) is 0 Å². The Balaban J connectivity index is 1.53. The van der Waals surface area contributed by atoms with Crippen molar-refractivity contribution >= 4 is 0 Å². The highest BCUT2D eigenvalue weighted by Crippen LogP contribution is 2.06. The van der Waals surface area contributed by atoms with Crippen LogP contribution in [0.3, 0.4) is 0 Å². The SMILES string of the molecule is CCn1cc(CNCCCN2CCCC2)cn1. The fraction of sp³-hybridized carbons (Fsp3) is 0.769. The van der Waals surface area contributed by atoms with E-state index in [2.05, 4.69) is 28.4 Å². The molecule has 4 nitrogen and oxygen atoms in total. The van der Waals surface area contributed by atoms with Gasteiger partial charge in [0.1, 0.15) is 0 Å². The first kappa shape index (κ1) is 12.6. The van der Waals surface area contributed by atoms with Crippen LogP contribution in [0.4, 0.5) is 0 Å². The van der Waals surface area contributed by atoms with Gasteiger partial charge in [0.2, 0.25) is 0 Å². The van der Waals surface area contributed by atoms with Gasteiger partial charge in [-0.25, -0.2) is 0 Å². The zero-order chi connectivity index (χ0) is 11.9. The Morgan fingerprint density at radius 1 is 1.35 bits per heavy atom. The number of hydrogen-bond acceptors (Lipinski definition) is 3. The van der Waals surface area contributed by atoms with E-state index in [9.17, 15) is 0 Å². The van der Waals surface area contributed by atoms with Crippen LogP contribution < -0.4 is 5.32 Å². The van der Waals surface area contributed by atoms with Crippen LogP contribution in [0.5, 0.6) is 0 Å². The smallest absolute Gasteiger partial charge is 0.0534 e. The number of hydrogen-bond donors (Lipinski definition) is 1. The van der Waals surface area contributed by atoms with E-state index in [1.165, 1.54) is 44.5 Å². The summed E-state index contributed by atoms with van der Waals surface area (Å²) in [6.07, 6.45) is 8.11. The van der Waals surface area contributed by atoms with Gasteiger partial charge in [-0.15, -0.1) is 0 Å². The number of rotatable bonds is 7. The molecule has 1 N–H and O–H groups in total. The van der Waals surface area contributed by atoms with Gasteiger partial charge in [0.15, 0.2) is 0 Å².